The number of hydrogen-bond acceptors (Lipinski definition) is 2. The van der Waals surface area contributed by atoms with Crippen LogP contribution in [0.15, 0.2) is 34.9 Å². The van der Waals surface area contributed by atoms with E-state index in [1.807, 2.05) is 19.1 Å². The van der Waals surface area contributed by atoms with E-state index in [2.05, 4.69) is 36.8 Å². The maximum atomic E-state index is 5.88. The molecule has 0 saturated heterocycles. The van der Waals surface area contributed by atoms with Gasteiger partial charge in [0, 0.05) is 22.1 Å². The van der Waals surface area contributed by atoms with E-state index in [1.165, 1.54) is 0 Å². The average molecular weight is 391 g/mol. The molecule has 18 heavy (non-hydrogen) atoms. The third-order valence-electron chi connectivity index (χ3n) is 2.34. The van der Waals surface area contributed by atoms with Crippen molar-refractivity contribution >= 4 is 43.5 Å². The van der Waals surface area contributed by atoms with E-state index < -0.39 is 0 Å². The highest BCUT2D eigenvalue weighted by Crippen LogP contribution is 2.32. The summed E-state index contributed by atoms with van der Waals surface area (Å²) in [6.07, 6.45) is 1.79. The van der Waals surface area contributed by atoms with Gasteiger partial charge in [0.2, 0.25) is 5.88 Å². The van der Waals surface area contributed by atoms with Crippen LogP contribution in [0, 0.1) is 6.92 Å². The van der Waals surface area contributed by atoms with Crippen molar-refractivity contribution in [3.05, 3.63) is 51.1 Å². The molecule has 0 aliphatic carbocycles. The van der Waals surface area contributed by atoms with Crippen molar-refractivity contribution in [1.29, 1.82) is 0 Å². The fourth-order valence-corrected chi connectivity index (χ4v) is 2.53. The van der Waals surface area contributed by atoms with E-state index in [9.17, 15) is 0 Å². The Hall–Kier alpha value is -0.580. The molecular formula is C13H10Br2ClNO. The molecule has 94 valence electrons. The molecule has 0 bridgehead atoms. The SMILES string of the molecule is Cc1cc(CBr)cnc1Oc1ccc(Cl)cc1Br. The van der Waals surface area contributed by atoms with Crippen LogP contribution in [0.25, 0.3) is 0 Å². The minimum Gasteiger partial charge on any atom is -0.438 e. The lowest BCUT2D eigenvalue weighted by Gasteiger charge is -2.10. The highest BCUT2D eigenvalue weighted by Gasteiger charge is 2.07. The Labute approximate surface area is 128 Å². The van der Waals surface area contributed by atoms with E-state index in [1.54, 1.807) is 18.3 Å². The van der Waals surface area contributed by atoms with Gasteiger partial charge in [-0.1, -0.05) is 27.5 Å². The van der Waals surface area contributed by atoms with Crippen LogP contribution < -0.4 is 4.74 Å². The molecule has 0 spiro atoms. The smallest absolute Gasteiger partial charge is 0.222 e. The van der Waals surface area contributed by atoms with Crippen molar-refractivity contribution in [1.82, 2.24) is 4.98 Å². The highest BCUT2D eigenvalue weighted by molar-refractivity contribution is 9.10. The molecule has 2 aromatic rings. The van der Waals surface area contributed by atoms with Crippen LogP contribution >= 0.6 is 43.5 Å². The quantitative estimate of drug-likeness (QED) is 0.645. The van der Waals surface area contributed by atoms with Gasteiger partial charge in [-0.2, -0.15) is 0 Å². The maximum absolute atomic E-state index is 5.88. The molecule has 0 aliphatic rings. The van der Waals surface area contributed by atoms with Crippen LogP contribution in [0.5, 0.6) is 11.6 Å². The van der Waals surface area contributed by atoms with Gasteiger partial charge in [-0.25, -0.2) is 4.98 Å². The van der Waals surface area contributed by atoms with Crippen LogP contribution in [0.4, 0.5) is 0 Å². The molecule has 2 rings (SSSR count). The molecule has 1 aromatic carbocycles. The van der Waals surface area contributed by atoms with Crippen LogP contribution in [0.2, 0.25) is 5.02 Å². The van der Waals surface area contributed by atoms with E-state index in [0.717, 1.165) is 20.9 Å². The van der Waals surface area contributed by atoms with Gasteiger partial charge in [0.25, 0.3) is 0 Å². The summed E-state index contributed by atoms with van der Waals surface area (Å²) >= 11 is 12.7. The standard InChI is InChI=1S/C13H10Br2ClNO/c1-8-4-9(6-14)7-17-13(8)18-12-3-2-10(16)5-11(12)15/h2-5,7H,6H2,1H3. The summed E-state index contributed by atoms with van der Waals surface area (Å²) in [6.45, 7) is 1.97. The number of alkyl halides is 1. The van der Waals surface area contributed by atoms with Crippen LogP contribution in [-0.4, -0.2) is 4.98 Å². The van der Waals surface area contributed by atoms with Gasteiger partial charge in [-0.3, -0.25) is 0 Å². The number of pyridine rings is 1. The number of ether oxygens (including phenoxy) is 1. The summed E-state index contributed by atoms with van der Waals surface area (Å²) in [5.74, 6) is 1.30. The van der Waals surface area contributed by atoms with Crippen LogP contribution in [0.1, 0.15) is 11.1 Å². The van der Waals surface area contributed by atoms with E-state index >= 15 is 0 Å². The summed E-state index contributed by atoms with van der Waals surface area (Å²) in [5.41, 5.74) is 2.11. The topological polar surface area (TPSA) is 22.1 Å². The average Bonchev–Trinajstić information content (AvgIpc) is 2.34. The predicted molar refractivity (Wildman–Crippen MR) is 80.8 cm³/mol. The molecule has 2 nitrogen and oxygen atoms in total. The largest absolute Gasteiger partial charge is 0.438 e. The van der Waals surface area contributed by atoms with Crippen molar-refractivity contribution in [2.24, 2.45) is 0 Å². The first-order valence-corrected chi connectivity index (χ1v) is 7.54. The number of aryl methyl sites for hydroxylation is 1. The van der Waals surface area contributed by atoms with Crippen molar-refractivity contribution < 1.29 is 4.74 Å². The Kier molecular flexibility index (Phi) is 4.65. The van der Waals surface area contributed by atoms with Crippen LogP contribution in [0.3, 0.4) is 0 Å². The normalized spacial score (nSPS) is 10.4. The summed E-state index contributed by atoms with van der Waals surface area (Å²) in [6, 6.07) is 7.43. The molecule has 0 fully saturated rings. The van der Waals surface area contributed by atoms with Crippen molar-refractivity contribution in [3.63, 3.8) is 0 Å². The third-order valence-corrected chi connectivity index (χ3v) is 3.84. The monoisotopic (exact) mass is 389 g/mol. The van der Waals surface area contributed by atoms with Crippen molar-refractivity contribution in [3.8, 4) is 11.6 Å². The summed E-state index contributed by atoms with van der Waals surface area (Å²) in [5, 5.41) is 1.44. The molecule has 0 amide bonds. The van der Waals surface area contributed by atoms with E-state index in [4.69, 9.17) is 16.3 Å². The second kappa shape index (κ2) is 6.04. The number of halogens is 3. The molecule has 0 aliphatic heterocycles. The van der Waals surface area contributed by atoms with Gasteiger partial charge < -0.3 is 4.74 Å². The Bertz CT molecular complexity index is 575. The summed E-state index contributed by atoms with van der Waals surface area (Å²) < 4.78 is 6.57. The Morgan fingerprint density at radius 1 is 1.33 bits per heavy atom. The Balaban J connectivity index is 2.28. The van der Waals surface area contributed by atoms with Gasteiger partial charge in [0.1, 0.15) is 5.75 Å². The molecular weight excluding hydrogens is 381 g/mol. The Morgan fingerprint density at radius 2 is 2.11 bits per heavy atom. The molecule has 1 aromatic heterocycles. The highest BCUT2D eigenvalue weighted by atomic mass is 79.9. The lowest BCUT2D eigenvalue weighted by atomic mass is 10.2. The van der Waals surface area contributed by atoms with Crippen molar-refractivity contribution in [2.75, 3.05) is 0 Å². The second-order valence-electron chi connectivity index (χ2n) is 3.78. The van der Waals surface area contributed by atoms with Crippen LogP contribution in [-0.2, 0) is 5.33 Å². The zero-order valence-electron chi connectivity index (χ0n) is 9.58. The number of aromatic nitrogens is 1. The predicted octanol–water partition coefficient (Wildman–Crippen LogP) is 5.49. The summed E-state index contributed by atoms with van der Waals surface area (Å²) in [7, 11) is 0. The summed E-state index contributed by atoms with van der Waals surface area (Å²) in [4.78, 5) is 4.30. The first kappa shape index (κ1) is 13.8. The zero-order chi connectivity index (χ0) is 13.1. The first-order chi connectivity index (χ1) is 8.60. The van der Waals surface area contributed by atoms with E-state index in [-0.39, 0.29) is 0 Å². The molecule has 5 heteroatoms. The maximum Gasteiger partial charge on any atom is 0.222 e. The lowest BCUT2D eigenvalue weighted by Crippen LogP contribution is -1.93. The molecule has 0 N–H and O–H groups in total. The number of nitrogens with zero attached hydrogens (tertiary/aromatic N) is 1. The number of benzene rings is 1. The van der Waals surface area contributed by atoms with Gasteiger partial charge in [0.05, 0.1) is 4.47 Å². The number of hydrogen-bond donors (Lipinski definition) is 0. The van der Waals surface area contributed by atoms with E-state index in [0.29, 0.717) is 16.7 Å². The molecule has 0 atom stereocenters. The number of rotatable bonds is 3. The molecule has 0 unspecified atom stereocenters. The minimum absolute atomic E-state index is 0.600. The Morgan fingerprint density at radius 3 is 2.72 bits per heavy atom. The van der Waals surface area contributed by atoms with Gasteiger partial charge in [-0.15, -0.1) is 0 Å². The third kappa shape index (κ3) is 3.25. The second-order valence-corrected chi connectivity index (χ2v) is 5.63. The molecule has 1 heterocycles. The van der Waals surface area contributed by atoms with Gasteiger partial charge in [-0.05, 0) is 52.7 Å². The van der Waals surface area contributed by atoms with Gasteiger partial charge >= 0.3 is 0 Å². The minimum atomic E-state index is 0.600. The first-order valence-electron chi connectivity index (χ1n) is 5.24. The van der Waals surface area contributed by atoms with Crippen molar-refractivity contribution in [2.45, 2.75) is 12.3 Å². The fourth-order valence-electron chi connectivity index (χ4n) is 1.46. The zero-order valence-corrected chi connectivity index (χ0v) is 13.5. The fraction of sp³-hybridized carbons (Fsp3) is 0.154. The lowest BCUT2D eigenvalue weighted by molar-refractivity contribution is 0.456. The molecule has 0 radical (unpaired) electrons. The van der Waals surface area contributed by atoms with Gasteiger partial charge in [0.15, 0.2) is 0 Å². The molecule has 0 saturated carbocycles.